The first-order valence-corrected chi connectivity index (χ1v) is 5.76. The molecule has 0 radical (unpaired) electrons. The zero-order chi connectivity index (χ0) is 12.1. The molecular weight excluding hydrogens is 208 g/mol. The largest absolute Gasteiger partial charge is 0.313 e. The summed E-state index contributed by atoms with van der Waals surface area (Å²) in [5.41, 5.74) is 0.815. The molecule has 0 bridgehead atoms. The van der Waals surface area contributed by atoms with Gasteiger partial charge in [0.25, 0.3) is 0 Å². The predicted octanol–water partition coefficient (Wildman–Crippen LogP) is 3.66. The fraction of sp³-hybridized carbons (Fsp3) is 0.538. The minimum Gasteiger partial charge on any atom is -0.313 e. The van der Waals surface area contributed by atoms with E-state index in [4.69, 9.17) is 0 Å². The van der Waals surface area contributed by atoms with E-state index >= 15 is 0 Å². The van der Waals surface area contributed by atoms with Crippen molar-refractivity contribution in [2.75, 3.05) is 7.05 Å². The van der Waals surface area contributed by atoms with Gasteiger partial charge in [-0.1, -0.05) is 32.8 Å². The van der Waals surface area contributed by atoms with Gasteiger partial charge in [-0.05, 0) is 30.7 Å². The van der Waals surface area contributed by atoms with Crippen molar-refractivity contribution < 1.29 is 8.78 Å². The lowest BCUT2D eigenvalue weighted by atomic mass is 9.89. The molecule has 0 aromatic heterocycles. The lowest BCUT2D eigenvalue weighted by Gasteiger charge is -2.25. The maximum absolute atomic E-state index is 13.1. The highest BCUT2D eigenvalue weighted by Crippen LogP contribution is 2.27. The van der Waals surface area contributed by atoms with Gasteiger partial charge in [0.1, 0.15) is 0 Å². The molecule has 0 aliphatic heterocycles. The molecule has 0 aliphatic carbocycles. The van der Waals surface area contributed by atoms with Crippen molar-refractivity contribution in [1.29, 1.82) is 0 Å². The quantitative estimate of drug-likeness (QED) is 0.809. The fourth-order valence-electron chi connectivity index (χ4n) is 2.14. The monoisotopic (exact) mass is 227 g/mol. The Kier molecular flexibility index (Phi) is 4.87. The molecule has 90 valence electrons. The Labute approximate surface area is 95.9 Å². The second kappa shape index (κ2) is 5.94. The molecule has 0 aliphatic rings. The van der Waals surface area contributed by atoms with E-state index in [9.17, 15) is 8.78 Å². The highest BCUT2D eigenvalue weighted by Gasteiger charge is 2.19. The molecule has 0 amide bonds. The van der Waals surface area contributed by atoms with E-state index < -0.39 is 11.6 Å². The average molecular weight is 227 g/mol. The lowest BCUT2D eigenvalue weighted by Crippen LogP contribution is -2.24. The first kappa shape index (κ1) is 13.1. The Morgan fingerprint density at radius 2 is 1.75 bits per heavy atom. The molecule has 1 unspecified atom stereocenters. The van der Waals surface area contributed by atoms with Gasteiger partial charge in [0.15, 0.2) is 11.6 Å². The molecule has 1 aromatic carbocycles. The van der Waals surface area contributed by atoms with Crippen molar-refractivity contribution in [3.8, 4) is 0 Å². The number of nitrogens with one attached hydrogen (secondary N) is 1. The molecule has 1 rings (SSSR count). The van der Waals surface area contributed by atoms with Crippen molar-refractivity contribution in [3.05, 3.63) is 35.4 Å². The molecule has 3 heteroatoms. The fourth-order valence-corrected chi connectivity index (χ4v) is 2.14. The van der Waals surface area contributed by atoms with Crippen LogP contribution in [0.2, 0.25) is 0 Å². The summed E-state index contributed by atoms with van der Waals surface area (Å²) in [6.07, 6.45) is 2.03. The van der Waals surface area contributed by atoms with Gasteiger partial charge in [0.05, 0.1) is 0 Å². The first-order valence-electron chi connectivity index (χ1n) is 5.76. The molecule has 1 N–H and O–H groups in total. The van der Waals surface area contributed by atoms with Gasteiger partial charge in [-0.25, -0.2) is 8.78 Å². The Bertz CT molecular complexity index is 335. The zero-order valence-corrected chi connectivity index (χ0v) is 10.1. The molecule has 1 atom stereocenters. The van der Waals surface area contributed by atoms with Crippen LogP contribution in [0.1, 0.15) is 38.3 Å². The van der Waals surface area contributed by atoms with Crippen molar-refractivity contribution in [3.63, 3.8) is 0 Å². The Hall–Kier alpha value is -0.960. The van der Waals surface area contributed by atoms with Gasteiger partial charge in [-0.2, -0.15) is 0 Å². The third kappa shape index (κ3) is 2.79. The van der Waals surface area contributed by atoms with Crippen LogP contribution in [-0.2, 0) is 0 Å². The molecular formula is C13H19F2N. The third-order valence-corrected chi connectivity index (χ3v) is 3.13. The summed E-state index contributed by atoms with van der Waals surface area (Å²) in [5.74, 6) is -1.12. The predicted molar refractivity (Wildman–Crippen MR) is 62.2 cm³/mol. The zero-order valence-electron chi connectivity index (χ0n) is 10.1. The number of hydrogen-bond acceptors (Lipinski definition) is 1. The first-order chi connectivity index (χ1) is 7.63. The average Bonchev–Trinajstić information content (AvgIpc) is 2.29. The van der Waals surface area contributed by atoms with E-state index in [1.807, 2.05) is 7.05 Å². The van der Waals surface area contributed by atoms with Gasteiger partial charge < -0.3 is 5.32 Å². The molecule has 1 nitrogen and oxygen atoms in total. The molecule has 0 saturated carbocycles. The molecule has 0 heterocycles. The molecule has 0 fully saturated rings. The highest BCUT2D eigenvalue weighted by molar-refractivity contribution is 5.22. The van der Waals surface area contributed by atoms with Crippen LogP contribution in [-0.4, -0.2) is 7.05 Å². The standard InChI is InChI=1S/C13H19F2N/c1-4-9(5-2)13(16-3)10-6-7-11(14)12(15)8-10/h6-9,13,16H,4-5H2,1-3H3. The summed E-state index contributed by atoms with van der Waals surface area (Å²) in [7, 11) is 1.85. The molecule has 0 saturated heterocycles. The normalized spacial score (nSPS) is 13.1. The van der Waals surface area contributed by atoms with Crippen molar-refractivity contribution in [1.82, 2.24) is 5.32 Å². The van der Waals surface area contributed by atoms with E-state index in [2.05, 4.69) is 19.2 Å². The minimum absolute atomic E-state index is 0.0881. The Morgan fingerprint density at radius 3 is 2.19 bits per heavy atom. The highest BCUT2D eigenvalue weighted by atomic mass is 19.2. The van der Waals surface area contributed by atoms with Crippen molar-refractivity contribution in [2.24, 2.45) is 5.92 Å². The van der Waals surface area contributed by atoms with Gasteiger partial charge >= 0.3 is 0 Å². The maximum atomic E-state index is 13.1. The Balaban J connectivity index is 2.98. The SMILES string of the molecule is CCC(CC)C(NC)c1ccc(F)c(F)c1. The van der Waals surface area contributed by atoms with Crippen LogP contribution in [0.5, 0.6) is 0 Å². The van der Waals surface area contributed by atoms with E-state index in [-0.39, 0.29) is 6.04 Å². The summed E-state index contributed by atoms with van der Waals surface area (Å²) in [4.78, 5) is 0. The number of hydrogen-bond donors (Lipinski definition) is 1. The van der Waals surface area contributed by atoms with Gasteiger partial charge in [-0.3, -0.25) is 0 Å². The van der Waals surface area contributed by atoms with Crippen LogP contribution >= 0.6 is 0 Å². The minimum atomic E-state index is -0.789. The number of rotatable bonds is 5. The smallest absolute Gasteiger partial charge is 0.159 e. The Morgan fingerprint density at radius 1 is 1.12 bits per heavy atom. The van der Waals surface area contributed by atoms with Crippen LogP contribution in [0.25, 0.3) is 0 Å². The second-order valence-electron chi connectivity index (χ2n) is 4.02. The van der Waals surface area contributed by atoms with Crippen LogP contribution in [0.4, 0.5) is 8.78 Å². The molecule has 0 spiro atoms. The summed E-state index contributed by atoms with van der Waals surface area (Å²) < 4.78 is 26.0. The van der Waals surface area contributed by atoms with Crippen LogP contribution in [0.3, 0.4) is 0 Å². The third-order valence-electron chi connectivity index (χ3n) is 3.13. The topological polar surface area (TPSA) is 12.0 Å². The van der Waals surface area contributed by atoms with E-state index in [0.717, 1.165) is 18.4 Å². The second-order valence-corrected chi connectivity index (χ2v) is 4.02. The van der Waals surface area contributed by atoms with Gasteiger partial charge in [0, 0.05) is 6.04 Å². The van der Waals surface area contributed by atoms with E-state index in [0.29, 0.717) is 5.92 Å². The van der Waals surface area contributed by atoms with Crippen molar-refractivity contribution >= 4 is 0 Å². The number of benzene rings is 1. The summed E-state index contributed by atoms with van der Waals surface area (Å²) in [6.45, 7) is 4.22. The van der Waals surface area contributed by atoms with Crippen molar-refractivity contribution in [2.45, 2.75) is 32.7 Å². The van der Waals surface area contributed by atoms with Gasteiger partial charge in [-0.15, -0.1) is 0 Å². The molecule has 16 heavy (non-hydrogen) atoms. The van der Waals surface area contributed by atoms with Crippen LogP contribution in [0.15, 0.2) is 18.2 Å². The van der Waals surface area contributed by atoms with E-state index in [1.165, 1.54) is 12.1 Å². The van der Waals surface area contributed by atoms with E-state index in [1.54, 1.807) is 6.07 Å². The van der Waals surface area contributed by atoms with Crippen LogP contribution < -0.4 is 5.32 Å². The van der Waals surface area contributed by atoms with Crippen LogP contribution in [0, 0.1) is 17.6 Å². The maximum Gasteiger partial charge on any atom is 0.159 e. The number of halogens is 2. The van der Waals surface area contributed by atoms with Gasteiger partial charge in [0.2, 0.25) is 0 Å². The summed E-state index contributed by atoms with van der Waals surface area (Å²) in [5, 5.41) is 3.18. The summed E-state index contributed by atoms with van der Waals surface area (Å²) in [6, 6.07) is 4.22. The molecule has 1 aromatic rings. The lowest BCUT2D eigenvalue weighted by molar-refractivity contribution is 0.357. The summed E-state index contributed by atoms with van der Waals surface area (Å²) >= 11 is 0.